The Morgan fingerprint density at radius 3 is 2.84 bits per heavy atom. The highest BCUT2D eigenvalue weighted by molar-refractivity contribution is 5.43. The Bertz CT molecular complexity index is 411. The molecule has 1 aromatic carbocycles. The molecule has 0 bridgehead atoms. The van der Waals surface area contributed by atoms with Crippen molar-refractivity contribution in [3.05, 3.63) is 33.9 Å². The predicted molar refractivity (Wildman–Crippen MR) is 69.3 cm³/mol. The SMILES string of the molecule is COCCNCc1cc([N+](=O)[O-])ccc1OCCO. The number of methoxy groups -OCH3 is 1. The normalized spacial score (nSPS) is 10.4. The largest absolute Gasteiger partial charge is 0.491 e. The Kier molecular flexibility index (Phi) is 6.80. The van der Waals surface area contributed by atoms with Gasteiger partial charge in [-0.15, -0.1) is 0 Å². The van der Waals surface area contributed by atoms with Crippen LogP contribution >= 0.6 is 0 Å². The zero-order valence-corrected chi connectivity index (χ0v) is 10.8. The van der Waals surface area contributed by atoms with Gasteiger partial charge in [-0.05, 0) is 6.07 Å². The first-order valence-corrected chi connectivity index (χ1v) is 5.89. The van der Waals surface area contributed by atoms with Crippen LogP contribution < -0.4 is 10.1 Å². The Morgan fingerprint density at radius 1 is 1.42 bits per heavy atom. The maximum absolute atomic E-state index is 10.7. The molecular weight excluding hydrogens is 252 g/mol. The third-order valence-corrected chi connectivity index (χ3v) is 2.40. The molecule has 0 atom stereocenters. The molecule has 0 aliphatic heterocycles. The number of nitrogens with zero attached hydrogens (tertiary/aromatic N) is 1. The lowest BCUT2D eigenvalue weighted by molar-refractivity contribution is -0.384. The van der Waals surface area contributed by atoms with E-state index in [1.807, 2.05) is 0 Å². The average Bonchev–Trinajstić information content (AvgIpc) is 2.41. The van der Waals surface area contributed by atoms with Gasteiger partial charge in [-0.3, -0.25) is 10.1 Å². The summed E-state index contributed by atoms with van der Waals surface area (Å²) in [4.78, 5) is 10.3. The number of ether oxygens (including phenoxy) is 2. The van der Waals surface area contributed by atoms with Crippen LogP contribution in [0.25, 0.3) is 0 Å². The van der Waals surface area contributed by atoms with E-state index in [1.165, 1.54) is 12.1 Å². The minimum atomic E-state index is -0.450. The first-order chi connectivity index (χ1) is 9.19. The molecule has 7 heteroatoms. The molecule has 0 unspecified atom stereocenters. The number of nitro groups is 1. The number of aliphatic hydroxyl groups excluding tert-OH is 1. The van der Waals surface area contributed by atoms with Gasteiger partial charge >= 0.3 is 0 Å². The lowest BCUT2D eigenvalue weighted by Crippen LogP contribution is -2.19. The minimum absolute atomic E-state index is 0.0138. The van der Waals surface area contributed by atoms with Crippen molar-refractivity contribution in [2.75, 3.05) is 33.5 Å². The third kappa shape index (κ3) is 5.21. The number of nitro benzene ring substituents is 1. The lowest BCUT2D eigenvalue weighted by atomic mass is 10.1. The molecule has 0 radical (unpaired) electrons. The fraction of sp³-hybridized carbons (Fsp3) is 0.500. The van der Waals surface area contributed by atoms with E-state index in [-0.39, 0.29) is 18.9 Å². The van der Waals surface area contributed by atoms with Crippen LogP contribution in [0.1, 0.15) is 5.56 Å². The molecule has 0 saturated carbocycles. The van der Waals surface area contributed by atoms with E-state index in [9.17, 15) is 10.1 Å². The van der Waals surface area contributed by atoms with Crippen molar-refractivity contribution in [1.82, 2.24) is 5.32 Å². The van der Waals surface area contributed by atoms with Crippen LogP contribution in [-0.2, 0) is 11.3 Å². The smallest absolute Gasteiger partial charge is 0.270 e. The van der Waals surface area contributed by atoms with Crippen LogP contribution in [0.4, 0.5) is 5.69 Å². The zero-order chi connectivity index (χ0) is 14.1. The number of benzene rings is 1. The van der Waals surface area contributed by atoms with E-state index in [4.69, 9.17) is 14.6 Å². The quantitative estimate of drug-likeness (QED) is 0.390. The van der Waals surface area contributed by atoms with Gasteiger partial charge in [0.15, 0.2) is 0 Å². The lowest BCUT2D eigenvalue weighted by Gasteiger charge is -2.11. The number of hydrogen-bond acceptors (Lipinski definition) is 6. The molecule has 106 valence electrons. The second kappa shape index (κ2) is 8.41. The predicted octanol–water partition coefficient (Wildman–Crippen LogP) is 0.702. The van der Waals surface area contributed by atoms with E-state index in [0.29, 0.717) is 31.0 Å². The third-order valence-electron chi connectivity index (χ3n) is 2.40. The second-order valence-electron chi connectivity index (χ2n) is 3.79. The number of aliphatic hydroxyl groups is 1. The van der Waals surface area contributed by atoms with Gasteiger partial charge < -0.3 is 19.9 Å². The summed E-state index contributed by atoms with van der Waals surface area (Å²) in [5, 5.41) is 22.6. The van der Waals surface area contributed by atoms with Crippen molar-refractivity contribution < 1.29 is 19.5 Å². The fourth-order valence-corrected chi connectivity index (χ4v) is 1.51. The van der Waals surface area contributed by atoms with Gasteiger partial charge in [-0.1, -0.05) is 0 Å². The molecule has 19 heavy (non-hydrogen) atoms. The molecule has 7 nitrogen and oxygen atoms in total. The van der Waals surface area contributed by atoms with Gasteiger partial charge in [0.2, 0.25) is 0 Å². The monoisotopic (exact) mass is 270 g/mol. The molecule has 0 aliphatic rings. The topological polar surface area (TPSA) is 93.9 Å². The molecule has 0 saturated heterocycles. The highest BCUT2D eigenvalue weighted by Crippen LogP contribution is 2.24. The maximum atomic E-state index is 10.7. The van der Waals surface area contributed by atoms with Crippen molar-refractivity contribution in [2.24, 2.45) is 0 Å². The summed E-state index contributed by atoms with van der Waals surface area (Å²) in [6, 6.07) is 4.39. The van der Waals surface area contributed by atoms with Crippen LogP contribution in [0.5, 0.6) is 5.75 Å². The van der Waals surface area contributed by atoms with E-state index < -0.39 is 4.92 Å². The Hall–Kier alpha value is -1.70. The summed E-state index contributed by atoms with van der Waals surface area (Å²) in [5.41, 5.74) is 0.693. The molecule has 0 aromatic heterocycles. The highest BCUT2D eigenvalue weighted by atomic mass is 16.6. The van der Waals surface area contributed by atoms with E-state index in [1.54, 1.807) is 13.2 Å². The molecule has 1 rings (SSSR count). The van der Waals surface area contributed by atoms with Gasteiger partial charge in [0.1, 0.15) is 12.4 Å². The Morgan fingerprint density at radius 2 is 2.21 bits per heavy atom. The average molecular weight is 270 g/mol. The highest BCUT2D eigenvalue weighted by Gasteiger charge is 2.11. The zero-order valence-electron chi connectivity index (χ0n) is 10.8. The summed E-state index contributed by atoms with van der Waals surface area (Å²) in [5.74, 6) is 0.532. The van der Waals surface area contributed by atoms with Gasteiger partial charge in [0.05, 0.1) is 18.1 Å². The summed E-state index contributed by atoms with van der Waals surface area (Å²) >= 11 is 0. The first-order valence-electron chi connectivity index (χ1n) is 5.89. The minimum Gasteiger partial charge on any atom is -0.491 e. The van der Waals surface area contributed by atoms with Gasteiger partial charge in [0.25, 0.3) is 5.69 Å². The van der Waals surface area contributed by atoms with Crippen LogP contribution in [0.15, 0.2) is 18.2 Å². The molecule has 2 N–H and O–H groups in total. The summed E-state index contributed by atoms with van der Waals surface area (Å²) in [6.45, 7) is 1.68. The standard InChI is InChI=1S/C12H18N2O5/c1-18-6-4-13-9-10-8-11(14(16)17)2-3-12(10)19-7-5-15/h2-3,8,13,15H,4-7,9H2,1H3. The van der Waals surface area contributed by atoms with E-state index in [0.717, 1.165) is 0 Å². The van der Waals surface area contributed by atoms with E-state index in [2.05, 4.69) is 5.32 Å². The molecule has 1 aromatic rings. The van der Waals surface area contributed by atoms with Crippen LogP contribution in [-0.4, -0.2) is 43.5 Å². The second-order valence-corrected chi connectivity index (χ2v) is 3.79. The van der Waals surface area contributed by atoms with Crippen molar-refractivity contribution in [2.45, 2.75) is 6.54 Å². The van der Waals surface area contributed by atoms with E-state index >= 15 is 0 Å². The van der Waals surface area contributed by atoms with Gasteiger partial charge in [-0.2, -0.15) is 0 Å². The Labute approximate surface area is 111 Å². The number of rotatable bonds is 9. The van der Waals surface area contributed by atoms with Crippen molar-refractivity contribution in [3.63, 3.8) is 0 Å². The van der Waals surface area contributed by atoms with Crippen molar-refractivity contribution >= 4 is 5.69 Å². The van der Waals surface area contributed by atoms with Crippen molar-refractivity contribution in [3.8, 4) is 5.75 Å². The molecule has 0 aliphatic carbocycles. The number of hydrogen-bond donors (Lipinski definition) is 2. The van der Waals surface area contributed by atoms with Crippen LogP contribution in [0.3, 0.4) is 0 Å². The van der Waals surface area contributed by atoms with Gasteiger partial charge in [-0.25, -0.2) is 0 Å². The Balaban J connectivity index is 2.75. The first kappa shape index (κ1) is 15.4. The maximum Gasteiger partial charge on any atom is 0.270 e. The van der Waals surface area contributed by atoms with Gasteiger partial charge in [0, 0.05) is 37.9 Å². The molecular formula is C12H18N2O5. The van der Waals surface area contributed by atoms with Crippen LogP contribution in [0.2, 0.25) is 0 Å². The summed E-state index contributed by atoms with van der Waals surface area (Å²) in [7, 11) is 1.60. The van der Waals surface area contributed by atoms with Crippen molar-refractivity contribution in [1.29, 1.82) is 0 Å². The molecule has 0 spiro atoms. The molecule has 0 amide bonds. The fourth-order valence-electron chi connectivity index (χ4n) is 1.51. The number of nitrogens with one attached hydrogen (secondary N) is 1. The number of non-ortho nitro benzene ring substituents is 1. The molecule has 0 heterocycles. The van der Waals surface area contributed by atoms with Crippen LogP contribution in [0, 0.1) is 10.1 Å². The summed E-state index contributed by atoms with van der Waals surface area (Å²) < 4.78 is 10.2. The summed E-state index contributed by atoms with van der Waals surface area (Å²) in [6.07, 6.45) is 0. The molecule has 0 fully saturated rings.